The molecule has 2 N–H and O–H groups in total. The van der Waals surface area contributed by atoms with E-state index in [0.717, 1.165) is 5.56 Å². The molecule has 0 atom stereocenters. The summed E-state index contributed by atoms with van der Waals surface area (Å²) in [6.07, 6.45) is 1.04. The first-order chi connectivity index (χ1) is 14.1. The van der Waals surface area contributed by atoms with Crippen LogP contribution in [0.15, 0.2) is 72.8 Å². The second-order valence-electron chi connectivity index (χ2n) is 6.65. The molecule has 1 heterocycles. The van der Waals surface area contributed by atoms with Crippen molar-refractivity contribution in [3.8, 4) is 11.5 Å². The summed E-state index contributed by atoms with van der Waals surface area (Å²) in [5.74, 6) is 0.0158. The van der Waals surface area contributed by atoms with E-state index in [1.807, 2.05) is 30.3 Å². The first-order valence-electron chi connectivity index (χ1n) is 9.20. The molecule has 0 spiro atoms. The molecule has 29 heavy (non-hydrogen) atoms. The van der Waals surface area contributed by atoms with Crippen molar-refractivity contribution in [1.29, 1.82) is 0 Å². The van der Waals surface area contributed by atoms with Gasteiger partial charge in [0.1, 0.15) is 11.5 Å². The zero-order valence-electron chi connectivity index (χ0n) is 15.5. The number of fused-ring (bicyclic) bond motifs is 1. The van der Waals surface area contributed by atoms with Crippen LogP contribution in [0.4, 0.5) is 5.69 Å². The Balaban J connectivity index is 1.40. The maximum absolute atomic E-state index is 12.2. The van der Waals surface area contributed by atoms with Crippen molar-refractivity contribution in [3.05, 3.63) is 89.5 Å². The lowest BCUT2D eigenvalue weighted by atomic mass is 10.1. The molecule has 0 radical (unpaired) electrons. The van der Waals surface area contributed by atoms with Gasteiger partial charge in [-0.2, -0.15) is 0 Å². The second kappa shape index (κ2) is 7.98. The fraction of sp³-hybridized carbons (Fsp3) is 0.0870. The summed E-state index contributed by atoms with van der Waals surface area (Å²) in [6.45, 7) is 0. The Bertz CT molecular complexity index is 1090. The highest BCUT2D eigenvalue weighted by molar-refractivity contribution is 6.21. The molecule has 3 aromatic carbocycles. The lowest BCUT2D eigenvalue weighted by molar-refractivity contribution is -0.116. The number of hydrogen-bond acceptors (Lipinski definition) is 4. The monoisotopic (exact) mass is 386 g/mol. The van der Waals surface area contributed by atoms with E-state index in [4.69, 9.17) is 4.74 Å². The van der Waals surface area contributed by atoms with Crippen LogP contribution in [0.25, 0.3) is 0 Å². The average Bonchev–Trinajstić information content (AvgIpc) is 3.01. The lowest BCUT2D eigenvalue weighted by Gasteiger charge is -2.10. The maximum Gasteiger partial charge on any atom is 0.259 e. The summed E-state index contributed by atoms with van der Waals surface area (Å²) in [5, 5.41) is 5.11. The molecule has 0 unspecified atom stereocenters. The maximum atomic E-state index is 12.2. The molecule has 6 nitrogen and oxygen atoms in total. The molecule has 0 bridgehead atoms. The Kier molecular flexibility index (Phi) is 5.07. The number of anilines is 1. The summed E-state index contributed by atoms with van der Waals surface area (Å²) in [4.78, 5) is 35.6. The fourth-order valence-corrected chi connectivity index (χ4v) is 3.11. The van der Waals surface area contributed by atoms with E-state index in [2.05, 4.69) is 10.6 Å². The van der Waals surface area contributed by atoms with Crippen LogP contribution >= 0.6 is 0 Å². The third-order valence-electron chi connectivity index (χ3n) is 4.54. The number of hydrogen-bond donors (Lipinski definition) is 2. The third-order valence-corrected chi connectivity index (χ3v) is 4.54. The van der Waals surface area contributed by atoms with Gasteiger partial charge in [-0.1, -0.05) is 36.4 Å². The van der Waals surface area contributed by atoms with Crippen LogP contribution in [0.5, 0.6) is 11.5 Å². The van der Waals surface area contributed by atoms with Crippen LogP contribution in [0.1, 0.15) is 32.7 Å². The van der Waals surface area contributed by atoms with Gasteiger partial charge in [0.25, 0.3) is 11.8 Å². The smallest absolute Gasteiger partial charge is 0.259 e. The van der Waals surface area contributed by atoms with Crippen LogP contribution < -0.4 is 15.4 Å². The number of imide groups is 1. The van der Waals surface area contributed by atoms with E-state index in [0.29, 0.717) is 35.6 Å². The molecule has 0 saturated heterocycles. The van der Waals surface area contributed by atoms with Crippen molar-refractivity contribution >= 4 is 23.4 Å². The summed E-state index contributed by atoms with van der Waals surface area (Å²) >= 11 is 0. The van der Waals surface area contributed by atoms with E-state index < -0.39 is 11.8 Å². The number of nitrogens with one attached hydrogen (secondary N) is 2. The van der Waals surface area contributed by atoms with Crippen LogP contribution in [0.2, 0.25) is 0 Å². The number of rotatable bonds is 6. The van der Waals surface area contributed by atoms with Gasteiger partial charge in [0.15, 0.2) is 0 Å². The first-order valence-corrected chi connectivity index (χ1v) is 9.20. The van der Waals surface area contributed by atoms with Gasteiger partial charge >= 0.3 is 0 Å². The number of aryl methyl sites for hydroxylation is 1. The van der Waals surface area contributed by atoms with Gasteiger partial charge in [-0.05, 0) is 42.3 Å². The Hall–Kier alpha value is -3.93. The van der Waals surface area contributed by atoms with Crippen LogP contribution in [0, 0.1) is 0 Å². The molecule has 0 saturated carbocycles. The minimum Gasteiger partial charge on any atom is -0.457 e. The van der Waals surface area contributed by atoms with E-state index in [-0.39, 0.29) is 11.5 Å². The molecule has 1 aliphatic rings. The van der Waals surface area contributed by atoms with Crippen LogP contribution in [-0.4, -0.2) is 17.7 Å². The van der Waals surface area contributed by atoms with Gasteiger partial charge in [0, 0.05) is 18.2 Å². The lowest BCUT2D eigenvalue weighted by Crippen LogP contribution is -2.19. The molecule has 0 aromatic heterocycles. The zero-order valence-corrected chi connectivity index (χ0v) is 15.5. The molecule has 0 aliphatic carbocycles. The first kappa shape index (κ1) is 18.4. The predicted molar refractivity (Wildman–Crippen MR) is 108 cm³/mol. The summed E-state index contributed by atoms with van der Waals surface area (Å²) in [5.41, 5.74) is 2.35. The second-order valence-corrected chi connectivity index (χ2v) is 6.65. The van der Waals surface area contributed by atoms with Gasteiger partial charge < -0.3 is 10.1 Å². The minimum atomic E-state index is -0.435. The SMILES string of the molecule is O=C(CCc1ccccc1)Nc1cccc(Oc2ccc3c(c2)C(=O)NC3=O)c1. The molecule has 0 fully saturated rings. The highest BCUT2D eigenvalue weighted by Crippen LogP contribution is 2.27. The Morgan fingerprint density at radius 2 is 1.59 bits per heavy atom. The van der Waals surface area contributed by atoms with E-state index in [1.165, 1.54) is 6.07 Å². The fourth-order valence-electron chi connectivity index (χ4n) is 3.11. The highest BCUT2D eigenvalue weighted by atomic mass is 16.5. The molecule has 4 rings (SSSR count). The topological polar surface area (TPSA) is 84.5 Å². The molecule has 3 aromatic rings. The standard InChI is InChI=1S/C23H18N2O4/c26-21(12-9-15-5-2-1-3-6-15)24-16-7-4-8-17(13-16)29-18-10-11-19-20(14-18)23(28)25-22(19)27/h1-8,10-11,13-14H,9,12H2,(H,24,26)(H,25,27,28). The van der Waals surface area contributed by atoms with Gasteiger partial charge in [-0.25, -0.2) is 0 Å². The van der Waals surface area contributed by atoms with Crippen LogP contribution in [-0.2, 0) is 11.2 Å². The van der Waals surface area contributed by atoms with Gasteiger partial charge in [-0.3, -0.25) is 19.7 Å². The summed E-state index contributed by atoms with van der Waals surface area (Å²) in [6, 6.07) is 21.5. The van der Waals surface area contributed by atoms with E-state index in [9.17, 15) is 14.4 Å². The normalized spacial score (nSPS) is 12.3. The van der Waals surface area contributed by atoms with Gasteiger partial charge in [-0.15, -0.1) is 0 Å². The average molecular weight is 386 g/mol. The Labute approximate surface area is 167 Å². The molecular weight excluding hydrogens is 368 g/mol. The minimum absolute atomic E-state index is 0.0845. The predicted octanol–water partition coefficient (Wildman–Crippen LogP) is 3.93. The summed E-state index contributed by atoms with van der Waals surface area (Å²) in [7, 11) is 0. The van der Waals surface area contributed by atoms with Crippen molar-refractivity contribution in [2.75, 3.05) is 5.32 Å². The molecule has 144 valence electrons. The van der Waals surface area contributed by atoms with Gasteiger partial charge in [0.05, 0.1) is 11.1 Å². The Morgan fingerprint density at radius 3 is 2.41 bits per heavy atom. The quantitative estimate of drug-likeness (QED) is 0.629. The number of amides is 3. The van der Waals surface area contributed by atoms with Crippen molar-refractivity contribution in [1.82, 2.24) is 5.32 Å². The van der Waals surface area contributed by atoms with Crippen molar-refractivity contribution < 1.29 is 19.1 Å². The number of carbonyl (C=O) groups excluding carboxylic acids is 3. The Morgan fingerprint density at radius 1 is 0.828 bits per heavy atom. The van der Waals surface area contributed by atoms with Crippen LogP contribution in [0.3, 0.4) is 0 Å². The van der Waals surface area contributed by atoms with Crippen molar-refractivity contribution in [2.24, 2.45) is 0 Å². The molecular formula is C23H18N2O4. The number of carbonyl (C=O) groups is 3. The largest absolute Gasteiger partial charge is 0.457 e. The van der Waals surface area contributed by atoms with E-state index in [1.54, 1.807) is 36.4 Å². The third kappa shape index (κ3) is 4.32. The van der Waals surface area contributed by atoms with E-state index >= 15 is 0 Å². The molecule has 1 aliphatic heterocycles. The van der Waals surface area contributed by atoms with Gasteiger partial charge in [0.2, 0.25) is 5.91 Å². The zero-order chi connectivity index (χ0) is 20.2. The number of benzene rings is 3. The number of ether oxygens (including phenoxy) is 1. The molecule has 3 amide bonds. The molecule has 6 heteroatoms. The summed E-state index contributed by atoms with van der Waals surface area (Å²) < 4.78 is 5.80. The highest BCUT2D eigenvalue weighted by Gasteiger charge is 2.26. The van der Waals surface area contributed by atoms with Crippen molar-refractivity contribution in [2.45, 2.75) is 12.8 Å². The van der Waals surface area contributed by atoms with Crippen molar-refractivity contribution in [3.63, 3.8) is 0 Å².